The van der Waals surface area contributed by atoms with Crippen LogP contribution in [0.2, 0.25) is 18.1 Å². The molecular weight excluding hydrogens is 286 g/mol. The van der Waals surface area contributed by atoms with Crippen LogP contribution in [-0.2, 0) is 10.8 Å². The number of hydrogen-bond acceptors (Lipinski definition) is 3. The molecule has 5 nitrogen and oxygen atoms in total. The molecule has 0 aromatic carbocycles. The van der Waals surface area contributed by atoms with Crippen LogP contribution in [0.1, 0.15) is 54.9 Å². The molecule has 0 radical (unpaired) electrons. The molecule has 1 aromatic rings. The third-order valence-electron chi connectivity index (χ3n) is 4.68. The van der Waals surface area contributed by atoms with Crippen LogP contribution in [0, 0.1) is 5.21 Å². The molecule has 116 valence electrons. The minimum absolute atomic E-state index is 0.0495. The van der Waals surface area contributed by atoms with Crippen molar-refractivity contribution >= 4 is 14.3 Å². The Morgan fingerprint density at radius 2 is 2.10 bits per heavy atom. The van der Waals surface area contributed by atoms with Gasteiger partial charge in [0.25, 0.3) is 0 Å². The van der Waals surface area contributed by atoms with Gasteiger partial charge in [0, 0.05) is 11.6 Å². The maximum absolute atomic E-state index is 12.1. The fourth-order valence-corrected chi connectivity index (χ4v) is 3.75. The highest BCUT2D eigenvalue weighted by Crippen LogP contribution is 2.43. The number of carboxylic acids is 1. The van der Waals surface area contributed by atoms with E-state index in [9.17, 15) is 15.1 Å². The van der Waals surface area contributed by atoms with Crippen molar-refractivity contribution in [3.05, 3.63) is 34.3 Å². The minimum Gasteiger partial charge on any atom is -0.618 e. The summed E-state index contributed by atoms with van der Waals surface area (Å²) >= 11 is 0. The van der Waals surface area contributed by atoms with Crippen molar-refractivity contribution < 1.29 is 19.1 Å². The maximum Gasteiger partial charge on any atom is 0.336 e. The molecule has 21 heavy (non-hydrogen) atoms. The van der Waals surface area contributed by atoms with E-state index in [1.807, 2.05) is 0 Å². The largest absolute Gasteiger partial charge is 0.618 e. The highest BCUT2D eigenvalue weighted by Gasteiger charge is 2.44. The van der Waals surface area contributed by atoms with Crippen LogP contribution in [0.25, 0.3) is 0 Å². The highest BCUT2D eigenvalue weighted by molar-refractivity contribution is 6.74. The van der Waals surface area contributed by atoms with Gasteiger partial charge in [-0.05, 0) is 31.0 Å². The quantitative estimate of drug-likeness (QED) is 0.529. The highest BCUT2D eigenvalue weighted by atomic mass is 28.4. The van der Waals surface area contributed by atoms with Crippen LogP contribution in [-0.4, -0.2) is 19.4 Å². The number of carbonyl (C=O) groups is 1. The molecule has 0 amide bonds. The monoisotopic (exact) mass is 309 g/mol. The van der Waals surface area contributed by atoms with E-state index in [-0.39, 0.29) is 16.7 Å². The number of carboxylic acid groups (broad SMARTS) is 1. The molecule has 0 bridgehead atoms. The van der Waals surface area contributed by atoms with Crippen molar-refractivity contribution in [1.82, 2.24) is 0 Å². The summed E-state index contributed by atoms with van der Waals surface area (Å²) < 4.78 is 7.10. The van der Waals surface area contributed by atoms with Gasteiger partial charge in [-0.15, -0.1) is 0 Å². The van der Waals surface area contributed by atoms with Gasteiger partial charge in [0.2, 0.25) is 5.69 Å². The molecule has 0 spiro atoms. The van der Waals surface area contributed by atoms with E-state index in [1.54, 1.807) is 0 Å². The number of aromatic carboxylic acids is 1. The van der Waals surface area contributed by atoms with E-state index in [1.165, 1.54) is 12.3 Å². The van der Waals surface area contributed by atoms with Crippen molar-refractivity contribution in [3.8, 4) is 0 Å². The van der Waals surface area contributed by atoms with Gasteiger partial charge < -0.3 is 14.7 Å². The van der Waals surface area contributed by atoms with E-state index in [0.717, 1.165) is 4.73 Å². The lowest BCUT2D eigenvalue weighted by Crippen LogP contribution is -2.43. The van der Waals surface area contributed by atoms with E-state index < -0.39 is 14.3 Å². The molecule has 1 N–H and O–H groups in total. The van der Waals surface area contributed by atoms with Gasteiger partial charge in [0.15, 0.2) is 14.5 Å². The maximum atomic E-state index is 12.1. The first kappa shape index (κ1) is 16.0. The second-order valence-corrected chi connectivity index (χ2v) is 11.9. The topological polar surface area (TPSA) is 73.5 Å². The Kier molecular flexibility index (Phi) is 3.88. The van der Waals surface area contributed by atoms with Crippen molar-refractivity contribution in [1.29, 1.82) is 0 Å². The second-order valence-electron chi connectivity index (χ2n) is 7.13. The summed E-state index contributed by atoms with van der Waals surface area (Å²) in [5.74, 6) is -0.986. The summed E-state index contributed by atoms with van der Waals surface area (Å²) in [5, 5.41) is 21.4. The van der Waals surface area contributed by atoms with Crippen LogP contribution < -0.4 is 4.73 Å². The van der Waals surface area contributed by atoms with Gasteiger partial charge in [-0.2, -0.15) is 4.73 Å². The molecule has 1 aliphatic carbocycles. The zero-order valence-electron chi connectivity index (χ0n) is 13.3. The van der Waals surface area contributed by atoms with Crippen LogP contribution >= 0.6 is 0 Å². The molecule has 0 saturated carbocycles. The summed E-state index contributed by atoms with van der Waals surface area (Å²) in [7, 11) is -2.01. The van der Waals surface area contributed by atoms with Crippen molar-refractivity contribution in [2.75, 3.05) is 0 Å². The first-order valence-corrected chi connectivity index (χ1v) is 10.1. The summed E-state index contributed by atoms with van der Waals surface area (Å²) in [4.78, 5) is 11.3. The van der Waals surface area contributed by atoms with Gasteiger partial charge in [0.05, 0.1) is 5.56 Å². The van der Waals surface area contributed by atoms with Crippen molar-refractivity contribution in [2.24, 2.45) is 0 Å². The van der Waals surface area contributed by atoms with Gasteiger partial charge in [0.1, 0.15) is 6.10 Å². The van der Waals surface area contributed by atoms with E-state index >= 15 is 0 Å². The van der Waals surface area contributed by atoms with Crippen molar-refractivity contribution in [2.45, 2.75) is 57.8 Å². The number of aromatic nitrogens is 1. The molecule has 1 unspecified atom stereocenters. The van der Waals surface area contributed by atoms with Gasteiger partial charge in [-0.25, -0.2) is 4.79 Å². The summed E-state index contributed by atoms with van der Waals surface area (Å²) in [6, 6.07) is 1.38. The molecule has 1 aliphatic rings. The normalized spacial score (nSPS) is 18.6. The third kappa shape index (κ3) is 2.82. The summed E-state index contributed by atoms with van der Waals surface area (Å²) in [5.41, 5.74) is 1.34. The summed E-state index contributed by atoms with van der Waals surface area (Å²) in [6.45, 7) is 10.7. The average molecular weight is 309 g/mol. The number of fused-ring (bicyclic) bond motifs is 1. The molecule has 2 rings (SSSR count). The first-order valence-electron chi connectivity index (χ1n) is 7.20. The lowest BCUT2D eigenvalue weighted by Gasteiger charge is -2.37. The molecule has 1 atom stereocenters. The zero-order valence-corrected chi connectivity index (χ0v) is 14.3. The number of hydrogen-bond donors (Lipinski definition) is 1. The van der Waals surface area contributed by atoms with Crippen LogP contribution in [0.15, 0.2) is 12.3 Å². The summed E-state index contributed by atoms with van der Waals surface area (Å²) in [6.07, 6.45) is 2.24. The van der Waals surface area contributed by atoms with Crippen LogP contribution in [0.3, 0.4) is 0 Å². The van der Waals surface area contributed by atoms with Gasteiger partial charge in [-0.3, -0.25) is 0 Å². The van der Waals surface area contributed by atoms with Gasteiger partial charge >= 0.3 is 5.97 Å². The fourth-order valence-electron chi connectivity index (χ4n) is 2.45. The molecule has 0 aliphatic heterocycles. The Morgan fingerprint density at radius 3 is 2.62 bits per heavy atom. The second kappa shape index (κ2) is 5.10. The lowest BCUT2D eigenvalue weighted by molar-refractivity contribution is -0.617. The predicted octanol–water partition coefficient (Wildman–Crippen LogP) is 3.03. The van der Waals surface area contributed by atoms with Gasteiger partial charge in [-0.1, -0.05) is 20.8 Å². The number of nitrogens with zero attached hydrogens (tertiary/aromatic N) is 1. The lowest BCUT2D eigenvalue weighted by atomic mass is 10.1. The Labute approximate surface area is 126 Å². The van der Waals surface area contributed by atoms with Crippen LogP contribution in [0.5, 0.6) is 0 Å². The molecule has 6 heteroatoms. The first-order chi connectivity index (χ1) is 9.54. The average Bonchev–Trinajstić information content (AvgIpc) is 2.71. The Morgan fingerprint density at radius 1 is 1.48 bits per heavy atom. The molecule has 0 saturated heterocycles. The molecular formula is C15H23NO4Si. The molecule has 0 fully saturated rings. The predicted molar refractivity (Wildman–Crippen MR) is 81.7 cm³/mol. The Bertz CT molecular complexity index is 578. The fraction of sp³-hybridized carbons (Fsp3) is 0.600. The van der Waals surface area contributed by atoms with Crippen molar-refractivity contribution in [3.63, 3.8) is 0 Å². The molecule has 1 aromatic heterocycles. The van der Waals surface area contributed by atoms with E-state index in [4.69, 9.17) is 4.43 Å². The standard InChI is InChI=1S/C15H23NO4Si/c1-15(2,3)21(4,5)20-12-7-6-10-11(14(17)18)8-9-16(19)13(10)12/h8-9,12H,6-7H2,1-5H3,(H,17,18). The van der Waals surface area contributed by atoms with Crippen LogP contribution in [0.4, 0.5) is 0 Å². The van der Waals surface area contributed by atoms with E-state index in [0.29, 0.717) is 24.1 Å². The SMILES string of the molecule is CC(C)(C)[Si](C)(C)OC1CCc2c(C(=O)O)cc[n+]([O-])c21. The Hall–Kier alpha value is -1.40. The third-order valence-corrected chi connectivity index (χ3v) is 9.17. The smallest absolute Gasteiger partial charge is 0.336 e. The van der Waals surface area contributed by atoms with E-state index in [2.05, 4.69) is 33.9 Å². The zero-order chi connectivity index (χ0) is 16.0. The minimum atomic E-state index is -2.01. The number of rotatable bonds is 3. The number of pyridine rings is 1. The Balaban J connectivity index is 2.39. The molecule has 1 heterocycles.